The van der Waals surface area contributed by atoms with Gasteiger partial charge in [0.1, 0.15) is 12.1 Å². The number of nitrogens with one attached hydrogen (secondary N) is 1. The molecule has 0 spiro atoms. The molecule has 2 rings (SSSR count). The third-order valence-electron chi connectivity index (χ3n) is 2.33. The number of nitrogens with zero attached hydrogens (tertiary/aromatic N) is 2. The summed E-state index contributed by atoms with van der Waals surface area (Å²) in [6, 6.07) is 6.32. The number of aromatic carboxylic acids is 1. The molecular weight excluding hydrogens is 314 g/mol. The second-order valence-electron chi connectivity index (χ2n) is 3.57. The van der Waals surface area contributed by atoms with Crippen LogP contribution in [0.25, 0.3) is 0 Å². The predicted octanol–water partition coefficient (Wildman–Crippen LogP) is 2.69. The van der Waals surface area contributed by atoms with Crippen LogP contribution in [-0.4, -0.2) is 28.2 Å². The Hall–Kier alpha value is -2.15. The number of carboxylic acid groups (broad SMARTS) is 1. The highest BCUT2D eigenvalue weighted by atomic mass is 79.9. The molecule has 19 heavy (non-hydrogen) atoms. The number of benzene rings is 1. The molecule has 0 saturated heterocycles. The summed E-state index contributed by atoms with van der Waals surface area (Å²) in [5, 5.41) is 11.9. The summed E-state index contributed by atoms with van der Waals surface area (Å²) in [7, 11) is 1.52. The first-order valence-electron chi connectivity index (χ1n) is 5.26. The van der Waals surface area contributed by atoms with Crippen molar-refractivity contribution in [2.75, 3.05) is 12.4 Å². The average Bonchev–Trinajstić information content (AvgIpc) is 2.41. The maximum atomic E-state index is 10.8. The molecule has 0 fully saturated rings. The Morgan fingerprint density at radius 1 is 1.37 bits per heavy atom. The van der Waals surface area contributed by atoms with Crippen molar-refractivity contribution >= 4 is 33.4 Å². The first-order valence-corrected chi connectivity index (χ1v) is 6.05. The molecule has 6 nitrogen and oxygen atoms in total. The Bertz CT molecular complexity index is 619. The van der Waals surface area contributed by atoms with Crippen molar-refractivity contribution in [3.8, 4) is 5.88 Å². The molecule has 2 aromatic rings. The van der Waals surface area contributed by atoms with Gasteiger partial charge in [-0.2, -0.15) is 0 Å². The van der Waals surface area contributed by atoms with E-state index in [4.69, 9.17) is 9.84 Å². The monoisotopic (exact) mass is 323 g/mol. The molecule has 0 atom stereocenters. The minimum Gasteiger partial charge on any atom is -0.481 e. The lowest BCUT2D eigenvalue weighted by Gasteiger charge is -2.09. The van der Waals surface area contributed by atoms with E-state index in [0.717, 1.165) is 0 Å². The van der Waals surface area contributed by atoms with Crippen LogP contribution >= 0.6 is 15.9 Å². The molecule has 0 aliphatic heterocycles. The number of carboxylic acids is 1. The van der Waals surface area contributed by atoms with Crippen molar-refractivity contribution in [3.05, 3.63) is 40.6 Å². The zero-order valence-electron chi connectivity index (χ0n) is 9.92. The van der Waals surface area contributed by atoms with E-state index >= 15 is 0 Å². The Morgan fingerprint density at radius 3 is 2.79 bits per heavy atom. The van der Waals surface area contributed by atoms with Gasteiger partial charge in [-0.15, -0.1) is 0 Å². The number of rotatable bonds is 4. The summed E-state index contributed by atoms with van der Waals surface area (Å²) >= 11 is 3.31. The molecule has 0 amide bonds. The van der Waals surface area contributed by atoms with Crippen LogP contribution in [-0.2, 0) is 0 Å². The average molecular weight is 324 g/mol. The molecule has 98 valence electrons. The smallest absolute Gasteiger partial charge is 0.335 e. The molecule has 1 aromatic carbocycles. The molecule has 2 N–H and O–H groups in total. The number of ether oxygens (including phenoxy) is 1. The standard InChI is InChI=1S/C12H10BrN3O3/c1-19-11-5-10(14-6-15-11)16-9-3-2-7(12(17)18)4-8(9)13/h2-6H,1H3,(H,17,18)(H,14,15,16). The largest absolute Gasteiger partial charge is 0.481 e. The number of carbonyl (C=O) groups is 1. The summed E-state index contributed by atoms with van der Waals surface area (Å²) in [5.41, 5.74) is 0.906. The van der Waals surface area contributed by atoms with Crippen LogP contribution in [0, 0.1) is 0 Å². The maximum Gasteiger partial charge on any atom is 0.335 e. The lowest BCUT2D eigenvalue weighted by Crippen LogP contribution is -1.99. The van der Waals surface area contributed by atoms with Crippen LogP contribution in [0.5, 0.6) is 5.88 Å². The van der Waals surface area contributed by atoms with Gasteiger partial charge in [-0.05, 0) is 34.1 Å². The molecule has 1 aromatic heterocycles. The second-order valence-corrected chi connectivity index (χ2v) is 4.42. The fraction of sp³-hybridized carbons (Fsp3) is 0.0833. The molecule has 7 heteroatoms. The Labute approximate surface area is 117 Å². The molecule has 0 radical (unpaired) electrons. The number of hydrogen-bond donors (Lipinski definition) is 2. The van der Waals surface area contributed by atoms with Crippen molar-refractivity contribution in [2.24, 2.45) is 0 Å². The Kier molecular flexibility index (Phi) is 3.96. The third-order valence-corrected chi connectivity index (χ3v) is 2.99. The fourth-order valence-electron chi connectivity index (χ4n) is 1.41. The van der Waals surface area contributed by atoms with Gasteiger partial charge in [0.25, 0.3) is 0 Å². The summed E-state index contributed by atoms with van der Waals surface area (Å²) in [6.45, 7) is 0. The van der Waals surface area contributed by atoms with E-state index in [0.29, 0.717) is 21.9 Å². The quantitative estimate of drug-likeness (QED) is 0.899. The van der Waals surface area contributed by atoms with Crippen LogP contribution in [0.15, 0.2) is 35.1 Å². The fourth-order valence-corrected chi connectivity index (χ4v) is 1.88. The van der Waals surface area contributed by atoms with Crippen molar-refractivity contribution in [1.29, 1.82) is 0 Å². The van der Waals surface area contributed by atoms with Crippen molar-refractivity contribution < 1.29 is 14.6 Å². The first kappa shape index (κ1) is 13.3. The molecule has 0 aliphatic carbocycles. The Balaban J connectivity index is 2.25. The van der Waals surface area contributed by atoms with E-state index in [2.05, 4.69) is 31.2 Å². The van der Waals surface area contributed by atoms with Gasteiger partial charge in [-0.3, -0.25) is 0 Å². The molecule has 0 bridgehead atoms. The Morgan fingerprint density at radius 2 is 2.16 bits per heavy atom. The van der Waals surface area contributed by atoms with Crippen molar-refractivity contribution in [1.82, 2.24) is 9.97 Å². The van der Waals surface area contributed by atoms with Crippen LogP contribution < -0.4 is 10.1 Å². The predicted molar refractivity (Wildman–Crippen MR) is 73.0 cm³/mol. The van der Waals surface area contributed by atoms with Crippen molar-refractivity contribution in [2.45, 2.75) is 0 Å². The van der Waals surface area contributed by atoms with E-state index in [1.54, 1.807) is 12.1 Å². The summed E-state index contributed by atoms with van der Waals surface area (Å²) < 4.78 is 5.62. The highest BCUT2D eigenvalue weighted by Crippen LogP contribution is 2.26. The van der Waals surface area contributed by atoms with Crippen molar-refractivity contribution in [3.63, 3.8) is 0 Å². The second kappa shape index (κ2) is 5.66. The first-order chi connectivity index (χ1) is 9.10. The van der Waals surface area contributed by atoms with E-state index < -0.39 is 5.97 Å². The summed E-state index contributed by atoms with van der Waals surface area (Å²) in [6.07, 6.45) is 1.38. The van der Waals surface area contributed by atoms with E-state index in [1.165, 1.54) is 25.6 Å². The number of halogens is 1. The molecule has 0 saturated carbocycles. The van der Waals surface area contributed by atoms with Gasteiger partial charge in [0.15, 0.2) is 0 Å². The van der Waals surface area contributed by atoms with E-state index in [1.807, 2.05) is 0 Å². The maximum absolute atomic E-state index is 10.8. The van der Waals surface area contributed by atoms with Gasteiger partial charge in [-0.25, -0.2) is 14.8 Å². The van der Waals surface area contributed by atoms with Gasteiger partial charge < -0.3 is 15.2 Å². The van der Waals surface area contributed by atoms with Gasteiger partial charge in [0.05, 0.1) is 18.4 Å². The topological polar surface area (TPSA) is 84.3 Å². The van der Waals surface area contributed by atoms with Crippen LogP contribution in [0.4, 0.5) is 11.5 Å². The molecule has 1 heterocycles. The van der Waals surface area contributed by atoms with E-state index in [9.17, 15) is 4.79 Å². The lowest BCUT2D eigenvalue weighted by atomic mass is 10.2. The summed E-state index contributed by atoms with van der Waals surface area (Å²) in [5.74, 6) is 0.0161. The third kappa shape index (κ3) is 3.19. The number of hydrogen-bond acceptors (Lipinski definition) is 5. The number of anilines is 2. The zero-order valence-corrected chi connectivity index (χ0v) is 11.5. The normalized spacial score (nSPS) is 10.0. The minimum atomic E-state index is -0.976. The van der Waals surface area contributed by atoms with Gasteiger partial charge in [0, 0.05) is 10.5 Å². The van der Waals surface area contributed by atoms with Crippen LogP contribution in [0.2, 0.25) is 0 Å². The van der Waals surface area contributed by atoms with Gasteiger partial charge in [-0.1, -0.05) is 0 Å². The number of methoxy groups -OCH3 is 1. The number of aromatic nitrogens is 2. The van der Waals surface area contributed by atoms with Gasteiger partial charge >= 0.3 is 5.97 Å². The molecule has 0 unspecified atom stereocenters. The highest BCUT2D eigenvalue weighted by molar-refractivity contribution is 9.10. The molecular formula is C12H10BrN3O3. The molecule has 0 aliphatic rings. The van der Waals surface area contributed by atoms with Gasteiger partial charge in [0.2, 0.25) is 5.88 Å². The highest BCUT2D eigenvalue weighted by Gasteiger charge is 2.07. The van der Waals surface area contributed by atoms with Crippen LogP contribution in [0.3, 0.4) is 0 Å². The summed E-state index contributed by atoms with van der Waals surface area (Å²) in [4.78, 5) is 18.8. The van der Waals surface area contributed by atoms with Crippen LogP contribution in [0.1, 0.15) is 10.4 Å². The minimum absolute atomic E-state index is 0.206. The zero-order chi connectivity index (χ0) is 13.8. The lowest BCUT2D eigenvalue weighted by molar-refractivity contribution is 0.0697. The SMILES string of the molecule is COc1cc(Nc2ccc(C(=O)O)cc2Br)ncn1. The van der Waals surface area contributed by atoms with E-state index in [-0.39, 0.29) is 5.56 Å².